The van der Waals surface area contributed by atoms with E-state index in [9.17, 15) is 76.0 Å². The van der Waals surface area contributed by atoms with Crippen LogP contribution >= 0.6 is 0 Å². The Balaban J connectivity index is 1.05. The normalized spacial score (nSPS) is 53.9. The summed E-state index contributed by atoms with van der Waals surface area (Å²) < 4.78 is 34.8. The molecule has 69 heavy (non-hydrogen) atoms. The van der Waals surface area contributed by atoms with Crippen molar-refractivity contribution in [3.63, 3.8) is 0 Å². The zero-order valence-electron chi connectivity index (χ0n) is 40.2. The number of allylic oxidation sites excluding steroid dienone is 2. The molecule has 0 spiro atoms. The molecule has 3 saturated heterocycles. The van der Waals surface area contributed by atoms with Gasteiger partial charge in [-0.3, -0.25) is 9.59 Å². The van der Waals surface area contributed by atoms with E-state index in [1.54, 1.807) is 0 Å². The maximum absolute atomic E-state index is 15.0. The highest BCUT2D eigenvalue weighted by Crippen LogP contribution is 2.76. The molecule has 8 aliphatic rings. The van der Waals surface area contributed by atoms with Gasteiger partial charge in [0.1, 0.15) is 79.4 Å². The molecule has 25 atom stereocenters. The number of aliphatic carboxylic acids is 1. The van der Waals surface area contributed by atoms with Crippen molar-refractivity contribution in [3.05, 3.63) is 11.6 Å². The average molecular weight is 989 g/mol. The van der Waals surface area contributed by atoms with Gasteiger partial charge in [-0.05, 0) is 104 Å². The Hall–Kier alpha value is -2.00. The predicted octanol–water partition coefficient (Wildman–Crippen LogP) is -1.82. The first-order chi connectivity index (χ1) is 32.2. The number of carboxylic acids is 1. The van der Waals surface area contributed by atoms with Crippen LogP contribution in [0.25, 0.3) is 0 Å². The Morgan fingerprint density at radius 1 is 0.638 bits per heavy atom. The molecular formula is C48H76O21. The van der Waals surface area contributed by atoms with E-state index >= 15 is 0 Å². The van der Waals surface area contributed by atoms with Crippen molar-refractivity contribution in [3.8, 4) is 0 Å². The van der Waals surface area contributed by atoms with Crippen LogP contribution in [0.1, 0.15) is 99.3 Å². The third-order valence-electron chi connectivity index (χ3n) is 19.4. The van der Waals surface area contributed by atoms with E-state index in [1.807, 2.05) is 6.92 Å². The summed E-state index contributed by atoms with van der Waals surface area (Å²) in [6.45, 7) is 10.3. The molecule has 3 aliphatic heterocycles. The van der Waals surface area contributed by atoms with E-state index in [0.29, 0.717) is 51.4 Å². The van der Waals surface area contributed by atoms with E-state index in [4.69, 9.17) is 28.4 Å². The molecule has 0 amide bonds. The maximum atomic E-state index is 15.0. The molecule has 0 aromatic carbocycles. The molecule has 21 nitrogen and oxygen atoms in total. The lowest BCUT2D eigenvalue weighted by Crippen LogP contribution is -2.70. The van der Waals surface area contributed by atoms with E-state index in [0.717, 1.165) is 5.57 Å². The summed E-state index contributed by atoms with van der Waals surface area (Å²) in [5, 5.41) is 138. The summed E-state index contributed by atoms with van der Waals surface area (Å²) in [6.07, 6.45) is -21.2. The van der Waals surface area contributed by atoms with Gasteiger partial charge in [0, 0.05) is 0 Å². The minimum Gasteiger partial charge on any atom is -0.481 e. The Kier molecular flexibility index (Phi) is 14.5. The average Bonchev–Trinajstić information content (AvgIpc) is 3.29. The second-order valence-corrected chi connectivity index (χ2v) is 23.4. The lowest BCUT2D eigenvalue weighted by molar-refractivity contribution is -0.340. The number of carbonyl (C=O) groups excluding carboxylic acids is 1. The van der Waals surface area contributed by atoms with Crippen molar-refractivity contribution in [2.24, 2.45) is 50.2 Å². The van der Waals surface area contributed by atoms with Gasteiger partial charge in [0.05, 0.1) is 36.8 Å². The van der Waals surface area contributed by atoms with Gasteiger partial charge in [-0.2, -0.15) is 0 Å². The van der Waals surface area contributed by atoms with Crippen LogP contribution in [0.15, 0.2) is 11.6 Å². The van der Waals surface area contributed by atoms with Crippen molar-refractivity contribution in [1.82, 2.24) is 0 Å². The molecule has 21 heteroatoms. The van der Waals surface area contributed by atoms with Crippen LogP contribution in [-0.2, 0) is 38.0 Å². The smallest absolute Gasteiger partial charge is 0.315 e. The van der Waals surface area contributed by atoms with Gasteiger partial charge >= 0.3 is 11.9 Å². The van der Waals surface area contributed by atoms with Crippen molar-refractivity contribution >= 4 is 11.9 Å². The monoisotopic (exact) mass is 988 g/mol. The topological polar surface area (TPSA) is 353 Å². The Bertz CT molecular complexity index is 1930. The van der Waals surface area contributed by atoms with E-state index in [-0.39, 0.29) is 23.7 Å². The molecule has 0 unspecified atom stereocenters. The molecule has 4 saturated carbocycles. The van der Waals surface area contributed by atoms with Crippen molar-refractivity contribution < 1.29 is 104 Å². The number of ether oxygens (including phenoxy) is 6. The van der Waals surface area contributed by atoms with Crippen LogP contribution in [0.5, 0.6) is 0 Å². The first kappa shape index (κ1) is 53.3. The summed E-state index contributed by atoms with van der Waals surface area (Å²) in [5.74, 6) is -2.91. The molecule has 3 heterocycles. The number of fused-ring (bicyclic) bond motifs is 7. The zero-order chi connectivity index (χ0) is 50.7. The highest BCUT2D eigenvalue weighted by atomic mass is 16.7. The first-order valence-electron chi connectivity index (χ1n) is 24.6. The molecule has 0 aromatic heterocycles. The lowest BCUT2D eigenvalue weighted by atomic mass is 9.33. The number of carbonyl (C=O) groups is 2. The summed E-state index contributed by atoms with van der Waals surface area (Å²) >= 11 is 0. The summed E-state index contributed by atoms with van der Waals surface area (Å²) in [4.78, 5) is 28.6. The standard InChI is InChI=1S/C48H76O21/c1-43(2)11-13-48(42(63)69-40-36(60)33(57)30(54)25(67-40)19-64-38-34(58)31(55)28(52)23(17-49)65-38)14-12-45(4)20(21(48)15-43)7-8-26-44(3)16-22(51)37(47(6,41(61)62)27(44)9-10-46(26,45)5)68-39-35(59)32(56)29(53)24(18-50)66-39/h7,21-40,49-60H,8-19H2,1-6H3,(H,61,62)/t21-,22-,23+,24+,25+,26+,27+,28+,29+,30-,31-,32-,33-,34+,35+,36+,37-,38+,39-,40-,44+,45+,46+,47-,48-/m0/s1. The zero-order valence-corrected chi connectivity index (χ0v) is 40.2. The fourth-order valence-electron chi connectivity index (χ4n) is 15.0. The van der Waals surface area contributed by atoms with Gasteiger partial charge < -0.3 is 94.8 Å². The molecular weight excluding hydrogens is 913 g/mol. The highest BCUT2D eigenvalue weighted by molar-refractivity contribution is 5.79. The maximum Gasteiger partial charge on any atom is 0.315 e. The van der Waals surface area contributed by atoms with E-state index in [2.05, 4.69) is 33.8 Å². The highest BCUT2D eigenvalue weighted by Gasteiger charge is 2.73. The molecule has 0 radical (unpaired) electrons. The Labute approximate surface area is 400 Å². The van der Waals surface area contributed by atoms with Crippen LogP contribution in [0.3, 0.4) is 0 Å². The Morgan fingerprint density at radius 2 is 1.17 bits per heavy atom. The van der Waals surface area contributed by atoms with Crippen molar-refractivity contribution in [1.29, 1.82) is 0 Å². The molecule has 5 aliphatic carbocycles. The minimum atomic E-state index is -1.87. The van der Waals surface area contributed by atoms with Gasteiger partial charge in [0.15, 0.2) is 12.6 Å². The van der Waals surface area contributed by atoms with Crippen molar-refractivity contribution in [2.75, 3.05) is 19.8 Å². The number of aliphatic hydroxyl groups is 12. The van der Waals surface area contributed by atoms with Crippen LogP contribution in [0, 0.1) is 50.2 Å². The van der Waals surface area contributed by atoms with Crippen LogP contribution in [0.4, 0.5) is 0 Å². The molecule has 8 rings (SSSR count). The number of carboxylic acid groups (broad SMARTS) is 1. The van der Waals surface area contributed by atoms with Gasteiger partial charge in [0.25, 0.3) is 0 Å². The second-order valence-electron chi connectivity index (χ2n) is 23.4. The second kappa shape index (κ2) is 18.7. The van der Waals surface area contributed by atoms with Crippen LogP contribution in [-0.4, -0.2) is 202 Å². The number of rotatable bonds is 10. The minimum absolute atomic E-state index is 0.133. The predicted molar refractivity (Wildman–Crippen MR) is 234 cm³/mol. The van der Waals surface area contributed by atoms with E-state index in [1.165, 1.54) is 6.92 Å². The lowest BCUT2D eigenvalue weighted by Gasteiger charge is -2.71. The molecule has 394 valence electrons. The summed E-state index contributed by atoms with van der Waals surface area (Å²) in [6, 6.07) is 0. The summed E-state index contributed by atoms with van der Waals surface area (Å²) in [5.41, 5.74) is -3.69. The van der Waals surface area contributed by atoms with Gasteiger partial charge in [-0.15, -0.1) is 0 Å². The third-order valence-corrected chi connectivity index (χ3v) is 19.4. The number of hydrogen-bond donors (Lipinski definition) is 13. The van der Waals surface area contributed by atoms with Crippen LogP contribution in [0.2, 0.25) is 0 Å². The number of esters is 1. The van der Waals surface area contributed by atoms with Crippen molar-refractivity contribution in [2.45, 2.75) is 204 Å². The summed E-state index contributed by atoms with van der Waals surface area (Å²) in [7, 11) is 0. The molecule has 13 N–H and O–H groups in total. The largest absolute Gasteiger partial charge is 0.481 e. The number of hydrogen-bond acceptors (Lipinski definition) is 20. The third kappa shape index (κ3) is 8.25. The molecule has 7 fully saturated rings. The molecule has 0 bridgehead atoms. The fourth-order valence-corrected chi connectivity index (χ4v) is 15.0. The first-order valence-corrected chi connectivity index (χ1v) is 24.6. The van der Waals surface area contributed by atoms with Gasteiger partial charge in [-0.25, -0.2) is 0 Å². The van der Waals surface area contributed by atoms with Gasteiger partial charge in [0.2, 0.25) is 6.29 Å². The Morgan fingerprint density at radius 3 is 1.77 bits per heavy atom. The van der Waals surface area contributed by atoms with Gasteiger partial charge in [-0.1, -0.05) is 46.3 Å². The van der Waals surface area contributed by atoms with Crippen LogP contribution < -0.4 is 0 Å². The number of aliphatic hydroxyl groups excluding tert-OH is 12. The van der Waals surface area contributed by atoms with E-state index < -0.39 is 169 Å². The molecule has 0 aromatic rings. The quantitative estimate of drug-likeness (QED) is 0.0651. The fraction of sp³-hybridized carbons (Fsp3) is 0.917. The SMILES string of the molecule is CC1(C)CC[C@]2(C(=O)O[C@@H]3O[C@H](CO[C@@H]4O[C@H](CO)[C@@H](O)[C@H](O)[C@H]4O)[C@H](O)[C@H](O)[C@H]3O)CC[C@]3(C)C(=CC[C@@H]4[C@@]5(C)C[C@H](O)[C@H](O[C@@H]6O[C@H](CO)[C@@H](O)[C@H](O)[C@H]6O)[C@@](C)(C(=O)O)[C@@H]5CC[C@]43C)[C@@H]2C1.